The zero-order chi connectivity index (χ0) is 17.2. The number of ether oxygens (including phenoxy) is 1. The van der Waals surface area contributed by atoms with Crippen molar-refractivity contribution in [3.63, 3.8) is 0 Å². The van der Waals surface area contributed by atoms with Crippen LogP contribution in [0.2, 0.25) is 5.02 Å². The highest BCUT2D eigenvalue weighted by Gasteiger charge is 2.31. The first-order chi connectivity index (χ1) is 11.5. The molecule has 4 nitrogen and oxygen atoms in total. The average Bonchev–Trinajstić information content (AvgIpc) is 3.01. The molecule has 6 heteroatoms. The Balaban J connectivity index is 1.92. The predicted molar refractivity (Wildman–Crippen MR) is 96.5 cm³/mol. The lowest BCUT2D eigenvalue weighted by molar-refractivity contribution is 0.309. The molecule has 0 atom stereocenters. The maximum Gasteiger partial charge on any atom is 0.264 e. The Labute approximate surface area is 148 Å². The molecule has 0 amide bonds. The van der Waals surface area contributed by atoms with Crippen LogP contribution < -0.4 is 9.04 Å². The maximum absolute atomic E-state index is 13.0. The van der Waals surface area contributed by atoms with E-state index in [0.29, 0.717) is 23.9 Å². The van der Waals surface area contributed by atoms with E-state index in [1.165, 1.54) is 16.4 Å². The molecule has 1 aliphatic rings. The Kier molecular flexibility index (Phi) is 5.01. The van der Waals surface area contributed by atoms with Crippen molar-refractivity contribution in [1.82, 2.24) is 0 Å². The Hall–Kier alpha value is -1.72. The van der Waals surface area contributed by atoms with Gasteiger partial charge in [-0.1, -0.05) is 43.1 Å². The van der Waals surface area contributed by atoms with Crippen molar-refractivity contribution < 1.29 is 13.2 Å². The Morgan fingerprint density at radius 3 is 2.79 bits per heavy atom. The summed E-state index contributed by atoms with van der Waals surface area (Å²) in [6.07, 6.45) is 2.62. The third-order valence-electron chi connectivity index (χ3n) is 4.09. The molecule has 2 aromatic carbocycles. The summed E-state index contributed by atoms with van der Waals surface area (Å²) < 4.78 is 33.1. The van der Waals surface area contributed by atoms with Crippen LogP contribution in [0.25, 0.3) is 0 Å². The first-order valence-electron chi connectivity index (χ1n) is 8.07. The fraction of sp³-hybridized carbons (Fsp3) is 0.333. The largest absolute Gasteiger partial charge is 0.492 e. The molecule has 1 aliphatic heterocycles. The molecule has 0 radical (unpaired) electrons. The molecule has 0 unspecified atom stereocenters. The number of sulfonamides is 1. The van der Waals surface area contributed by atoms with Gasteiger partial charge in [-0.2, -0.15) is 0 Å². The number of para-hydroxylation sites is 1. The van der Waals surface area contributed by atoms with Crippen molar-refractivity contribution in [3.8, 4) is 5.75 Å². The third kappa shape index (κ3) is 3.23. The number of hydrogen-bond acceptors (Lipinski definition) is 3. The van der Waals surface area contributed by atoms with E-state index >= 15 is 0 Å². The maximum atomic E-state index is 13.0. The van der Waals surface area contributed by atoms with Crippen molar-refractivity contribution in [2.45, 2.75) is 31.1 Å². The van der Waals surface area contributed by atoms with Crippen LogP contribution in [-0.2, 0) is 16.4 Å². The number of rotatable bonds is 6. The highest BCUT2D eigenvalue weighted by molar-refractivity contribution is 7.92. The molecule has 3 rings (SSSR count). The van der Waals surface area contributed by atoms with E-state index in [4.69, 9.17) is 16.3 Å². The lowest BCUT2D eigenvalue weighted by Crippen LogP contribution is -2.29. The zero-order valence-corrected chi connectivity index (χ0v) is 15.1. The van der Waals surface area contributed by atoms with Gasteiger partial charge in [0.25, 0.3) is 10.0 Å². The van der Waals surface area contributed by atoms with Crippen LogP contribution in [0.4, 0.5) is 5.69 Å². The molecular formula is C18H20ClNO3S. The van der Waals surface area contributed by atoms with Gasteiger partial charge in [0, 0.05) is 12.6 Å². The summed E-state index contributed by atoms with van der Waals surface area (Å²) >= 11 is 6.13. The third-order valence-corrected chi connectivity index (χ3v) is 6.21. The fourth-order valence-electron chi connectivity index (χ4n) is 2.77. The molecule has 24 heavy (non-hydrogen) atoms. The van der Waals surface area contributed by atoms with E-state index in [0.717, 1.165) is 30.5 Å². The fourth-order valence-corrected chi connectivity index (χ4v) is 4.46. The summed E-state index contributed by atoms with van der Waals surface area (Å²) in [4.78, 5) is 0.204. The highest BCUT2D eigenvalue weighted by Crippen LogP contribution is 2.35. The van der Waals surface area contributed by atoms with Gasteiger partial charge in [-0.05, 0) is 36.6 Å². The summed E-state index contributed by atoms with van der Waals surface area (Å²) in [6.45, 7) is 3.04. The van der Waals surface area contributed by atoms with Gasteiger partial charge in [-0.3, -0.25) is 4.31 Å². The van der Waals surface area contributed by atoms with E-state index in [9.17, 15) is 8.42 Å². The molecule has 0 saturated carbocycles. The van der Waals surface area contributed by atoms with Crippen molar-refractivity contribution in [1.29, 1.82) is 0 Å². The van der Waals surface area contributed by atoms with Crippen molar-refractivity contribution >= 4 is 27.3 Å². The predicted octanol–water partition coefficient (Wildman–Crippen LogP) is 4.27. The van der Waals surface area contributed by atoms with E-state index in [2.05, 4.69) is 6.92 Å². The Bertz CT molecular complexity index is 836. The topological polar surface area (TPSA) is 46.6 Å². The summed E-state index contributed by atoms with van der Waals surface area (Å²) in [5, 5.41) is 0.423. The molecule has 0 spiro atoms. The van der Waals surface area contributed by atoms with Crippen molar-refractivity contribution in [2.24, 2.45) is 0 Å². The van der Waals surface area contributed by atoms with E-state index in [1.807, 2.05) is 24.3 Å². The van der Waals surface area contributed by atoms with Crippen LogP contribution in [0.15, 0.2) is 47.4 Å². The number of hydrogen-bond donors (Lipinski definition) is 0. The first kappa shape index (κ1) is 17.1. The molecule has 0 N–H and O–H groups in total. The quantitative estimate of drug-likeness (QED) is 0.718. The highest BCUT2D eigenvalue weighted by atomic mass is 35.5. The molecule has 0 bridgehead atoms. The Morgan fingerprint density at radius 1 is 1.21 bits per heavy atom. The van der Waals surface area contributed by atoms with E-state index < -0.39 is 10.0 Å². The van der Waals surface area contributed by atoms with Crippen molar-refractivity contribution in [3.05, 3.63) is 53.1 Å². The average molecular weight is 366 g/mol. The lowest BCUT2D eigenvalue weighted by Gasteiger charge is -2.20. The van der Waals surface area contributed by atoms with Gasteiger partial charge in [0.05, 0.1) is 22.2 Å². The molecule has 0 saturated heterocycles. The van der Waals surface area contributed by atoms with Gasteiger partial charge in [-0.25, -0.2) is 8.42 Å². The molecule has 0 aliphatic carbocycles. The van der Waals surface area contributed by atoms with Crippen LogP contribution in [0, 0.1) is 0 Å². The summed E-state index contributed by atoms with van der Waals surface area (Å²) in [7, 11) is -3.63. The summed E-state index contributed by atoms with van der Waals surface area (Å²) in [6, 6.07) is 12.2. The standard InChI is InChI=1S/C18H20ClNO3S/c1-2-3-12-23-18-13-15(8-9-16(18)19)24(21,22)20-11-10-14-6-4-5-7-17(14)20/h4-9,13H,2-3,10-12H2,1H3. The minimum atomic E-state index is -3.63. The molecule has 0 fully saturated rings. The van der Waals surface area contributed by atoms with Crippen LogP contribution in [0.5, 0.6) is 5.75 Å². The zero-order valence-electron chi connectivity index (χ0n) is 13.5. The molecule has 0 aromatic heterocycles. The second-order valence-electron chi connectivity index (χ2n) is 5.75. The number of benzene rings is 2. The smallest absolute Gasteiger partial charge is 0.264 e. The summed E-state index contributed by atoms with van der Waals surface area (Å²) in [5.41, 5.74) is 1.80. The van der Waals surface area contributed by atoms with Gasteiger partial charge in [0.1, 0.15) is 5.75 Å². The number of fused-ring (bicyclic) bond motifs is 1. The van der Waals surface area contributed by atoms with Gasteiger partial charge in [0.15, 0.2) is 0 Å². The molecule has 128 valence electrons. The summed E-state index contributed by atoms with van der Waals surface area (Å²) in [5.74, 6) is 0.415. The minimum absolute atomic E-state index is 0.204. The monoisotopic (exact) mass is 365 g/mol. The van der Waals surface area contributed by atoms with Crippen LogP contribution in [0.1, 0.15) is 25.3 Å². The van der Waals surface area contributed by atoms with Gasteiger partial charge >= 0.3 is 0 Å². The SMILES string of the molecule is CCCCOc1cc(S(=O)(=O)N2CCc3ccccc32)ccc1Cl. The van der Waals surface area contributed by atoms with Crippen LogP contribution >= 0.6 is 11.6 Å². The molecule has 1 heterocycles. The van der Waals surface area contributed by atoms with Gasteiger partial charge in [0.2, 0.25) is 0 Å². The lowest BCUT2D eigenvalue weighted by atomic mass is 10.2. The number of anilines is 1. The second kappa shape index (κ2) is 7.03. The normalized spacial score (nSPS) is 13.8. The van der Waals surface area contributed by atoms with E-state index in [-0.39, 0.29) is 4.90 Å². The second-order valence-corrected chi connectivity index (χ2v) is 8.02. The van der Waals surface area contributed by atoms with Gasteiger partial charge < -0.3 is 4.74 Å². The number of halogens is 1. The number of unbranched alkanes of at least 4 members (excludes halogenated alkanes) is 1. The van der Waals surface area contributed by atoms with Gasteiger partial charge in [-0.15, -0.1) is 0 Å². The molecule has 2 aromatic rings. The minimum Gasteiger partial charge on any atom is -0.492 e. The van der Waals surface area contributed by atoms with E-state index in [1.54, 1.807) is 6.07 Å². The Morgan fingerprint density at radius 2 is 2.00 bits per heavy atom. The van der Waals surface area contributed by atoms with Crippen LogP contribution in [0.3, 0.4) is 0 Å². The first-order valence-corrected chi connectivity index (χ1v) is 9.89. The van der Waals surface area contributed by atoms with Crippen LogP contribution in [-0.4, -0.2) is 21.6 Å². The van der Waals surface area contributed by atoms with Crippen molar-refractivity contribution in [2.75, 3.05) is 17.5 Å². The number of nitrogens with zero attached hydrogens (tertiary/aromatic N) is 1. The molecular weight excluding hydrogens is 346 g/mol.